The summed E-state index contributed by atoms with van der Waals surface area (Å²) in [5, 5.41) is 0. The van der Waals surface area contributed by atoms with Crippen LogP contribution in [0.5, 0.6) is 0 Å². The number of hydrogen-bond donors (Lipinski definition) is 0. The van der Waals surface area contributed by atoms with Crippen molar-refractivity contribution in [2.24, 2.45) is 11.8 Å². The summed E-state index contributed by atoms with van der Waals surface area (Å²) in [4.78, 5) is 0. The fourth-order valence-electron chi connectivity index (χ4n) is 4.11. The van der Waals surface area contributed by atoms with E-state index < -0.39 is 0 Å². The lowest BCUT2D eigenvalue weighted by Gasteiger charge is -2.30. The molecule has 0 aromatic rings. The van der Waals surface area contributed by atoms with Crippen LogP contribution >= 0.6 is 0 Å². The van der Waals surface area contributed by atoms with Crippen molar-refractivity contribution in [3.8, 4) is 0 Å². The van der Waals surface area contributed by atoms with Crippen molar-refractivity contribution in [2.45, 2.75) is 92.9 Å². The highest BCUT2D eigenvalue weighted by Gasteiger charge is 2.24. The Morgan fingerprint density at radius 2 is 1.59 bits per heavy atom. The molecule has 124 valence electrons. The van der Waals surface area contributed by atoms with Gasteiger partial charge in [-0.1, -0.05) is 37.8 Å². The molecule has 2 fully saturated rings. The minimum atomic E-state index is 0.729. The van der Waals surface area contributed by atoms with E-state index >= 15 is 0 Å². The first-order valence-corrected chi connectivity index (χ1v) is 9.54. The van der Waals surface area contributed by atoms with Gasteiger partial charge in [-0.15, -0.1) is 0 Å². The predicted molar refractivity (Wildman–Crippen MR) is 99.0 cm³/mol. The van der Waals surface area contributed by atoms with Crippen LogP contribution in [0.2, 0.25) is 0 Å². The third-order valence-corrected chi connectivity index (χ3v) is 6.39. The van der Waals surface area contributed by atoms with Crippen molar-refractivity contribution < 1.29 is 0 Å². The first-order valence-electron chi connectivity index (χ1n) is 9.54. The first kappa shape index (κ1) is 17.6. The zero-order chi connectivity index (χ0) is 16.3. The Hall–Kier alpha value is -0.780. The fourth-order valence-corrected chi connectivity index (χ4v) is 4.11. The molecule has 2 aliphatic carbocycles. The summed E-state index contributed by atoms with van der Waals surface area (Å²) in [6.07, 6.45) is 11.0. The van der Waals surface area contributed by atoms with E-state index in [-0.39, 0.29) is 0 Å². The molecule has 22 heavy (non-hydrogen) atoms. The molecule has 0 heteroatoms. The zero-order valence-electron chi connectivity index (χ0n) is 15.8. The van der Waals surface area contributed by atoms with E-state index in [9.17, 15) is 0 Å². The Labute approximate surface area is 138 Å². The van der Waals surface area contributed by atoms with Gasteiger partial charge in [0.25, 0.3) is 0 Å². The summed E-state index contributed by atoms with van der Waals surface area (Å²) in [7, 11) is 0. The SMILES string of the molecule is CCCC(C)C(=C1CCC1)C(C)=C(C)C(C)=C(C)C1CCC1. The van der Waals surface area contributed by atoms with Crippen LogP contribution in [0.15, 0.2) is 33.4 Å². The third-order valence-electron chi connectivity index (χ3n) is 6.39. The molecule has 0 amide bonds. The van der Waals surface area contributed by atoms with Crippen LogP contribution in [-0.4, -0.2) is 0 Å². The summed E-state index contributed by atoms with van der Waals surface area (Å²) < 4.78 is 0. The number of hydrogen-bond acceptors (Lipinski definition) is 0. The molecule has 0 saturated heterocycles. The Morgan fingerprint density at radius 1 is 0.955 bits per heavy atom. The van der Waals surface area contributed by atoms with Gasteiger partial charge in [0, 0.05) is 0 Å². The monoisotopic (exact) mass is 300 g/mol. The Morgan fingerprint density at radius 3 is 2.00 bits per heavy atom. The Kier molecular flexibility index (Phi) is 6.12. The first-order chi connectivity index (χ1) is 10.5. The molecule has 1 atom stereocenters. The summed E-state index contributed by atoms with van der Waals surface area (Å²) in [6, 6.07) is 0. The lowest BCUT2D eigenvalue weighted by molar-refractivity contribution is 0.366. The van der Waals surface area contributed by atoms with Gasteiger partial charge in [-0.3, -0.25) is 0 Å². The molecule has 0 radical (unpaired) electrons. The largest absolute Gasteiger partial charge is 0.0670 e. The summed E-state index contributed by atoms with van der Waals surface area (Å²) in [6.45, 7) is 14.3. The maximum Gasteiger partial charge on any atom is -0.0188 e. The smallest absolute Gasteiger partial charge is 0.0188 e. The zero-order valence-corrected chi connectivity index (χ0v) is 15.8. The minimum Gasteiger partial charge on any atom is -0.0670 e. The average molecular weight is 301 g/mol. The van der Waals surface area contributed by atoms with Gasteiger partial charge < -0.3 is 0 Å². The molecule has 0 heterocycles. The van der Waals surface area contributed by atoms with Crippen molar-refractivity contribution in [2.75, 3.05) is 0 Å². The summed E-state index contributed by atoms with van der Waals surface area (Å²) in [5.74, 6) is 1.60. The fraction of sp³-hybridized carbons (Fsp3) is 0.727. The van der Waals surface area contributed by atoms with Gasteiger partial charge in [-0.05, 0) is 100 Å². The molecule has 1 unspecified atom stereocenters. The van der Waals surface area contributed by atoms with Gasteiger partial charge >= 0.3 is 0 Å². The minimum absolute atomic E-state index is 0.729. The molecule has 2 aliphatic rings. The topological polar surface area (TPSA) is 0 Å². The average Bonchev–Trinajstić information content (AvgIpc) is 2.38. The van der Waals surface area contributed by atoms with Crippen LogP contribution in [-0.2, 0) is 0 Å². The third kappa shape index (κ3) is 3.58. The summed E-state index contributed by atoms with van der Waals surface area (Å²) in [5.41, 5.74) is 9.85. The van der Waals surface area contributed by atoms with Crippen LogP contribution in [0.1, 0.15) is 92.9 Å². The molecule has 0 spiro atoms. The lowest BCUT2D eigenvalue weighted by Crippen LogP contribution is -2.14. The van der Waals surface area contributed by atoms with E-state index in [1.54, 1.807) is 33.4 Å². The van der Waals surface area contributed by atoms with Gasteiger partial charge in [0.15, 0.2) is 0 Å². The van der Waals surface area contributed by atoms with E-state index in [1.807, 2.05) is 0 Å². The van der Waals surface area contributed by atoms with Gasteiger partial charge in [0.1, 0.15) is 0 Å². The molecule has 0 N–H and O–H groups in total. The molecular formula is C22H36. The standard InChI is InChI=1S/C22H36/c1-7-10-15(2)22(21-13-9-14-21)19(6)17(4)16(3)18(5)20-11-8-12-20/h15,20H,7-14H2,1-6H3. The van der Waals surface area contributed by atoms with E-state index in [4.69, 9.17) is 0 Å². The van der Waals surface area contributed by atoms with Crippen molar-refractivity contribution in [3.63, 3.8) is 0 Å². The van der Waals surface area contributed by atoms with Crippen molar-refractivity contribution in [1.82, 2.24) is 0 Å². The van der Waals surface area contributed by atoms with Crippen molar-refractivity contribution in [1.29, 1.82) is 0 Å². The molecular weight excluding hydrogens is 264 g/mol. The lowest BCUT2D eigenvalue weighted by atomic mass is 9.75. The molecule has 0 aliphatic heterocycles. The second kappa shape index (κ2) is 7.66. The predicted octanol–water partition coefficient (Wildman–Crippen LogP) is 7.38. The van der Waals surface area contributed by atoms with Crippen LogP contribution in [0.4, 0.5) is 0 Å². The van der Waals surface area contributed by atoms with Gasteiger partial charge in [-0.25, -0.2) is 0 Å². The highest BCUT2D eigenvalue weighted by atomic mass is 14.3. The number of rotatable bonds is 6. The molecule has 0 aromatic carbocycles. The quantitative estimate of drug-likeness (QED) is 0.449. The van der Waals surface area contributed by atoms with Crippen LogP contribution in [0.3, 0.4) is 0 Å². The van der Waals surface area contributed by atoms with E-state index in [0.717, 1.165) is 11.8 Å². The Balaban J connectivity index is 2.33. The van der Waals surface area contributed by atoms with Crippen LogP contribution in [0.25, 0.3) is 0 Å². The molecule has 0 bridgehead atoms. The van der Waals surface area contributed by atoms with Gasteiger partial charge in [0.05, 0.1) is 0 Å². The van der Waals surface area contributed by atoms with E-state index in [2.05, 4.69) is 41.5 Å². The van der Waals surface area contributed by atoms with E-state index in [0.29, 0.717) is 0 Å². The molecule has 0 nitrogen and oxygen atoms in total. The Bertz CT molecular complexity index is 488. The second-order valence-corrected chi connectivity index (χ2v) is 7.75. The molecule has 0 aromatic heterocycles. The molecule has 2 saturated carbocycles. The van der Waals surface area contributed by atoms with Crippen LogP contribution < -0.4 is 0 Å². The normalized spacial score (nSPS) is 22.4. The second-order valence-electron chi connectivity index (χ2n) is 7.75. The van der Waals surface area contributed by atoms with E-state index in [1.165, 1.54) is 51.4 Å². The number of allylic oxidation sites excluding steroid dienone is 6. The highest BCUT2D eigenvalue weighted by Crippen LogP contribution is 2.40. The maximum atomic E-state index is 2.44. The summed E-state index contributed by atoms with van der Waals surface area (Å²) >= 11 is 0. The highest BCUT2D eigenvalue weighted by molar-refractivity contribution is 5.47. The van der Waals surface area contributed by atoms with Crippen molar-refractivity contribution >= 4 is 0 Å². The molecule has 2 rings (SSSR count). The van der Waals surface area contributed by atoms with Crippen molar-refractivity contribution in [3.05, 3.63) is 33.4 Å². The maximum absolute atomic E-state index is 2.44. The van der Waals surface area contributed by atoms with Gasteiger partial charge in [-0.2, -0.15) is 0 Å². The van der Waals surface area contributed by atoms with Gasteiger partial charge in [0.2, 0.25) is 0 Å². The van der Waals surface area contributed by atoms with Crippen LogP contribution in [0, 0.1) is 11.8 Å².